The van der Waals surface area contributed by atoms with Gasteiger partial charge in [-0.25, -0.2) is 0 Å². The zero-order chi connectivity index (χ0) is 14.1. The van der Waals surface area contributed by atoms with Gasteiger partial charge in [-0.3, -0.25) is 9.59 Å². The number of thiophene rings is 1. The number of rotatable bonds is 3. The Morgan fingerprint density at radius 1 is 1.35 bits per heavy atom. The second-order valence-electron chi connectivity index (χ2n) is 4.76. The highest BCUT2D eigenvalue weighted by Gasteiger charge is 2.24. The van der Waals surface area contributed by atoms with E-state index in [9.17, 15) is 9.59 Å². The van der Waals surface area contributed by atoms with Gasteiger partial charge in [0.15, 0.2) is 0 Å². The van der Waals surface area contributed by atoms with Gasteiger partial charge >= 0.3 is 5.97 Å². The van der Waals surface area contributed by atoms with Gasteiger partial charge in [-0.2, -0.15) is 0 Å². The second-order valence-corrected chi connectivity index (χ2v) is 5.76. The molecule has 0 aromatic carbocycles. The summed E-state index contributed by atoms with van der Waals surface area (Å²) in [5.74, 6) is -1.05. The normalized spacial score (nSPS) is 14.1. The molecule has 6 heteroatoms. The topological polar surface area (TPSA) is 62.5 Å². The average Bonchev–Trinajstić information content (AvgIpc) is 3.04. The van der Waals surface area contributed by atoms with E-state index in [1.54, 1.807) is 34.6 Å². The average molecular weight is 290 g/mol. The minimum absolute atomic E-state index is 0.104. The molecule has 0 saturated carbocycles. The molecule has 20 heavy (non-hydrogen) atoms. The van der Waals surface area contributed by atoms with Crippen LogP contribution in [-0.2, 0) is 24.3 Å². The van der Waals surface area contributed by atoms with Crippen molar-refractivity contribution in [2.45, 2.75) is 19.5 Å². The van der Waals surface area contributed by atoms with Gasteiger partial charge < -0.3 is 14.6 Å². The van der Waals surface area contributed by atoms with Crippen molar-refractivity contribution in [3.63, 3.8) is 0 Å². The number of fused-ring (bicyclic) bond motifs is 1. The minimum Gasteiger partial charge on any atom is -0.480 e. The third-order valence-electron chi connectivity index (χ3n) is 3.45. The summed E-state index contributed by atoms with van der Waals surface area (Å²) in [6.07, 6.45) is 2.50. The van der Waals surface area contributed by atoms with E-state index in [2.05, 4.69) is 6.07 Å². The van der Waals surface area contributed by atoms with Gasteiger partial charge in [-0.05, 0) is 35.6 Å². The molecule has 1 aliphatic heterocycles. The number of hydrogen-bond acceptors (Lipinski definition) is 3. The Morgan fingerprint density at radius 2 is 2.20 bits per heavy atom. The highest BCUT2D eigenvalue weighted by Crippen LogP contribution is 2.25. The Morgan fingerprint density at radius 3 is 3.00 bits per heavy atom. The molecule has 0 fully saturated rings. The first-order valence-corrected chi connectivity index (χ1v) is 7.24. The molecule has 0 radical (unpaired) electrons. The van der Waals surface area contributed by atoms with E-state index in [4.69, 9.17) is 5.11 Å². The van der Waals surface area contributed by atoms with Crippen LogP contribution in [0.2, 0.25) is 0 Å². The van der Waals surface area contributed by atoms with Crippen molar-refractivity contribution in [1.82, 2.24) is 9.47 Å². The first kappa shape index (κ1) is 12.9. The van der Waals surface area contributed by atoms with E-state index in [0.29, 0.717) is 18.8 Å². The fourth-order valence-electron chi connectivity index (χ4n) is 2.48. The Labute approximate surface area is 120 Å². The van der Waals surface area contributed by atoms with Crippen LogP contribution < -0.4 is 0 Å². The maximum absolute atomic E-state index is 12.5. The zero-order valence-corrected chi connectivity index (χ0v) is 11.6. The fourth-order valence-corrected chi connectivity index (χ4v) is 3.37. The van der Waals surface area contributed by atoms with E-state index in [0.717, 1.165) is 6.42 Å². The Bertz CT molecular complexity index is 659. The molecule has 1 aliphatic rings. The van der Waals surface area contributed by atoms with Crippen LogP contribution in [0.1, 0.15) is 20.9 Å². The van der Waals surface area contributed by atoms with E-state index in [-0.39, 0.29) is 12.5 Å². The molecule has 1 amide bonds. The number of carbonyl (C=O) groups is 2. The van der Waals surface area contributed by atoms with Crippen LogP contribution in [0.25, 0.3) is 0 Å². The summed E-state index contributed by atoms with van der Waals surface area (Å²) in [4.78, 5) is 26.4. The molecule has 0 bridgehead atoms. The van der Waals surface area contributed by atoms with Crippen LogP contribution in [0, 0.1) is 0 Å². The van der Waals surface area contributed by atoms with Crippen LogP contribution in [0.15, 0.2) is 29.8 Å². The smallest absolute Gasteiger partial charge is 0.323 e. The van der Waals surface area contributed by atoms with Gasteiger partial charge in [0.25, 0.3) is 5.91 Å². The summed E-state index contributed by atoms with van der Waals surface area (Å²) in [5, 5.41) is 10.9. The molecule has 2 aromatic heterocycles. The number of carboxylic acid groups (broad SMARTS) is 1. The van der Waals surface area contributed by atoms with E-state index >= 15 is 0 Å². The third kappa shape index (κ3) is 2.34. The first-order chi connectivity index (χ1) is 9.65. The number of aromatic nitrogens is 1. The van der Waals surface area contributed by atoms with Gasteiger partial charge in [0, 0.05) is 24.2 Å². The molecule has 5 nitrogen and oxygen atoms in total. The van der Waals surface area contributed by atoms with Crippen molar-refractivity contribution < 1.29 is 14.7 Å². The molecule has 0 aliphatic carbocycles. The summed E-state index contributed by atoms with van der Waals surface area (Å²) in [5.41, 5.74) is 1.64. The molecule has 0 atom stereocenters. The summed E-state index contributed by atoms with van der Waals surface area (Å²) < 4.78 is 1.48. The lowest BCUT2D eigenvalue weighted by Crippen LogP contribution is -2.36. The highest BCUT2D eigenvalue weighted by atomic mass is 32.1. The minimum atomic E-state index is -0.950. The second kappa shape index (κ2) is 5.13. The molecule has 1 N–H and O–H groups in total. The SMILES string of the molecule is O=C(O)Cn1cccc1C(=O)N1CCc2sccc2C1. The van der Waals surface area contributed by atoms with E-state index in [1.807, 2.05) is 5.38 Å². The molecule has 3 rings (SSSR count). The van der Waals surface area contributed by atoms with Crippen LogP contribution >= 0.6 is 11.3 Å². The van der Waals surface area contributed by atoms with Crippen molar-refractivity contribution in [2.75, 3.05) is 6.54 Å². The summed E-state index contributed by atoms with van der Waals surface area (Å²) in [6, 6.07) is 5.43. The monoisotopic (exact) mass is 290 g/mol. The highest BCUT2D eigenvalue weighted by molar-refractivity contribution is 7.10. The lowest BCUT2D eigenvalue weighted by molar-refractivity contribution is -0.137. The van der Waals surface area contributed by atoms with Gasteiger partial charge in [0.1, 0.15) is 12.2 Å². The quantitative estimate of drug-likeness (QED) is 0.938. The van der Waals surface area contributed by atoms with Crippen LogP contribution in [0.5, 0.6) is 0 Å². The molecular formula is C14H14N2O3S. The number of nitrogens with zero attached hydrogens (tertiary/aromatic N) is 2. The van der Waals surface area contributed by atoms with E-state index < -0.39 is 5.97 Å². The Hall–Kier alpha value is -2.08. The Balaban J connectivity index is 1.80. The van der Waals surface area contributed by atoms with Crippen LogP contribution in [0.3, 0.4) is 0 Å². The Kier molecular flexibility index (Phi) is 3.31. The summed E-state index contributed by atoms with van der Waals surface area (Å²) >= 11 is 1.73. The molecular weight excluding hydrogens is 276 g/mol. The predicted octanol–water partition coefficient (Wildman–Crippen LogP) is 1.83. The number of carboxylic acids is 1. The molecule has 0 unspecified atom stereocenters. The number of aliphatic carboxylic acids is 1. The number of carbonyl (C=O) groups excluding carboxylic acids is 1. The molecule has 0 saturated heterocycles. The lowest BCUT2D eigenvalue weighted by atomic mass is 10.1. The number of hydrogen-bond donors (Lipinski definition) is 1. The van der Waals surface area contributed by atoms with Gasteiger partial charge in [0.2, 0.25) is 0 Å². The molecule has 2 aromatic rings. The molecule has 104 valence electrons. The van der Waals surface area contributed by atoms with Crippen molar-refractivity contribution in [3.8, 4) is 0 Å². The van der Waals surface area contributed by atoms with E-state index in [1.165, 1.54) is 15.0 Å². The van der Waals surface area contributed by atoms with Crippen molar-refractivity contribution >= 4 is 23.2 Å². The summed E-state index contributed by atoms with van der Waals surface area (Å²) in [6.45, 7) is 1.10. The van der Waals surface area contributed by atoms with Gasteiger partial charge in [0.05, 0.1) is 0 Å². The first-order valence-electron chi connectivity index (χ1n) is 6.36. The van der Waals surface area contributed by atoms with Crippen LogP contribution in [0.4, 0.5) is 0 Å². The predicted molar refractivity (Wildman–Crippen MR) is 74.8 cm³/mol. The maximum atomic E-state index is 12.5. The van der Waals surface area contributed by atoms with Crippen molar-refractivity contribution in [3.05, 3.63) is 45.9 Å². The standard InChI is InChI=1S/C14H14N2O3S/c17-13(18)9-15-5-1-2-11(15)14(19)16-6-3-12-10(8-16)4-7-20-12/h1-2,4-5,7H,3,6,8-9H2,(H,17,18). The lowest BCUT2D eigenvalue weighted by Gasteiger charge is -2.27. The van der Waals surface area contributed by atoms with Crippen molar-refractivity contribution in [2.24, 2.45) is 0 Å². The fraction of sp³-hybridized carbons (Fsp3) is 0.286. The van der Waals surface area contributed by atoms with Crippen LogP contribution in [-0.4, -0.2) is 33.0 Å². The van der Waals surface area contributed by atoms with Gasteiger partial charge in [-0.1, -0.05) is 0 Å². The largest absolute Gasteiger partial charge is 0.480 e. The maximum Gasteiger partial charge on any atom is 0.323 e. The van der Waals surface area contributed by atoms with Gasteiger partial charge in [-0.15, -0.1) is 11.3 Å². The summed E-state index contributed by atoms with van der Waals surface area (Å²) in [7, 11) is 0. The van der Waals surface area contributed by atoms with Crippen molar-refractivity contribution in [1.29, 1.82) is 0 Å². The molecule has 3 heterocycles. The third-order valence-corrected chi connectivity index (χ3v) is 4.47. The zero-order valence-electron chi connectivity index (χ0n) is 10.8. The number of amides is 1. The molecule has 0 spiro atoms.